The zero-order valence-corrected chi connectivity index (χ0v) is 16.3. The summed E-state index contributed by atoms with van der Waals surface area (Å²) in [6.07, 6.45) is 10.5. The van der Waals surface area contributed by atoms with Gasteiger partial charge in [0.1, 0.15) is 5.82 Å². The highest BCUT2D eigenvalue weighted by Crippen LogP contribution is 2.41. The first kappa shape index (κ1) is 21.2. The Hall–Kier alpha value is -2.56. The van der Waals surface area contributed by atoms with E-state index in [1.165, 1.54) is 24.3 Å². The Morgan fingerprint density at radius 2 is 1.90 bits per heavy atom. The largest absolute Gasteiger partial charge is 0.432 e. The van der Waals surface area contributed by atoms with Gasteiger partial charge in [-0.3, -0.25) is 0 Å². The lowest BCUT2D eigenvalue weighted by Gasteiger charge is -2.33. The molecule has 29 heavy (non-hydrogen) atoms. The van der Waals surface area contributed by atoms with Gasteiger partial charge in [-0.05, 0) is 53.8 Å². The summed E-state index contributed by atoms with van der Waals surface area (Å²) in [6.45, 7) is -0.957. The Kier molecular flexibility index (Phi) is 6.78. The van der Waals surface area contributed by atoms with E-state index in [0.29, 0.717) is 6.42 Å². The molecule has 2 aromatic rings. The smallest absolute Gasteiger partial charge is 0.387 e. The zero-order valence-electron chi connectivity index (χ0n) is 16.3. The van der Waals surface area contributed by atoms with Gasteiger partial charge in [-0.2, -0.15) is 8.78 Å². The standard InChI is InChI=1S/C24H24F4O/c1-2-3-4-12-24(19-8-9-22(21(26)16-19)29-23(27)28)13-10-17(11-14-24)18-6-5-7-20(25)15-18/h5-11,13,15-16,23H,2-4,12,14H2,1H3. The quantitative estimate of drug-likeness (QED) is 0.328. The molecule has 1 atom stereocenters. The number of rotatable bonds is 8. The van der Waals surface area contributed by atoms with Crippen LogP contribution < -0.4 is 4.74 Å². The van der Waals surface area contributed by atoms with E-state index in [9.17, 15) is 17.6 Å². The van der Waals surface area contributed by atoms with Crippen LogP contribution in [-0.4, -0.2) is 6.61 Å². The van der Waals surface area contributed by atoms with E-state index in [0.717, 1.165) is 42.4 Å². The van der Waals surface area contributed by atoms with Crippen LogP contribution in [-0.2, 0) is 5.41 Å². The molecule has 154 valence electrons. The van der Waals surface area contributed by atoms with Crippen molar-refractivity contribution in [3.05, 3.63) is 83.5 Å². The van der Waals surface area contributed by atoms with Gasteiger partial charge in [0.2, 0.25) is 0 Å². The van der Waals surface area contributed by atoms with Crippen LogP contribution in [0.5, 0.6) is 5.75 Å². The predicted molar refractivity (Wildman–Crippen MR) is 107 cm³/mol. The summed E-state index contributed by atoms with van der Waals surface area (Å²) in [5.74, 6) is -1.55. The number of benzene rings is 2. The second-order valence-corrected chi connectivity index (χ2v) is 7.34. The number of hydrogen-bond acceptors (Lipinski definition) is 1. The van der Waals surface area contributed by atoms with E-state index in [1.54, 1.807) is 12.1 Å². The molecule has 0 aliphatic heterocycles. The fraction of sp³-hybridized carbons (Fsp3) is 0.333. The lowest BCUT2D eigenvalue weighted by Crippen LogP contribution is -2.25. The van der Waals surface area contributed by atoms with Crippen LogP contribution in [0.1, 0.15) is 50.2 Å². The highest BCUT2D eigenvalue weighted by molar-refractivity contribution is 5.76. The molecule has 1 aliphatic rings. The molecular weight excluding hydrogens is 380 g/mol. The van der Waals surface area contributed by atoms with Crippen molar-refractivity contribution in [3.63, 3.8) is 0 Å². The monoisotopic (exact) mass is 404 g/mol. The minimum absolute atomic E-state index is 0.298. The van der Waals surface area contributed by atoms with Crippen molar-refractivity contribution in [2.24, 2.45) is 0 Å². The third-order valence-electron chi connectivity index (χ3n) is 5.38. The summed E-state index contributed by atoms with van der Waals surface area (Å²) in [7, 11) is 0. The van der Waals surface area contributed by atoms with Gasteiger partial charge in [-0.25, -0.2) is 8.78 Å². The summed E-state index contributed by atoms with van der Waals surface area (Å²) in [4.78, 5) is 0. The molecule has 1 nitrogen and oxygen atoms in total. The fourth-order valence-corrected chi connectivity index (χ4v) is 3.80. The van der Waals surface area contributed by atoms with Crippen LogP contribution in [0.25, 0.3) is 5.57 Å². The minimum atomic E-state index is -3.07. The van der Waals surface area contributed by atoms with Crippen molar-refractivity contribution in [1.29, 1.82) is 0 Å². The highest BCUT2D eigenvalue weighted by atomic mass is 19.3. The molecule has 0 heterocycles. The number of hydrogen-bond donors (Lipinski definition) is 0. The van der Waals surface area contributed by atoms with E-state index < -0.39 is 23.6 Å². The van der Waals surface area contributed by atoms with Crippen molar-refractivity contribution in [3.8, 4) is 5.75 Å². The minimum Gasteiger partial charge on any atom is -0.432 e. The van der Waals surface area contributed by atoms with E-state index >= 15 is 0 Å². The van der Waals surface area contributed by atoms with Crippen molar-refractivity contribution >= 4 is 5.57 Å². The molecule has 1 unspecified atom stereocenters. The maximum atomic E-state index is 14.4. The second-order valence-electron chi connectivity index (χ2n) is 7.34. The predicted octanol–water partition coefficient (Wildman–Crippen LogP) is 7.43. The molecule has 3 rings (SSSR count). The van der Waals surface area contributed by atoms with Gasteiger partial charge in [0.05, 0.1) is 0 Å². The molecule has 0 saturated heterocycles. The summed E-state index contributed by atoms with van der Waals surface area (Å²) in [6, 6.07) is 10.6. The van der Waals surface area contributed by atoms with Crippen molar-refractivity contribution < 1.29 is 22.3 Å². The van der Waals surface area contributed by atoms with Gasteiger partial charge < -0.3 is 4.74 Å². The molecule has 1 aliphatic carbocycles. The Balaban J connectivity index is 1.90. The topological polar surface area (TPSA) is 9.23 Å². The SMILES string of the molecule is CCCCCC1(c2ccc(OC(F)F)c(F)c2)C=CC(c2cccc(F)c2)=CC1. The van der Waals surface area contributed by atoms with Crippen LogP contribution in [0, 0.1) is 11.6 Å². The molecule has 2 aromatic carbocycles. The molecule has 0 aromatic heterocycles. The molecular formula is C24H24F4O. The third kappa shape index (κ3) is 5.08. The summed E-state index contributed by atoms with van der Waals surface area (Å²) >= 11 is 0. The second kappa shape index (κ2) is 9.29. The van der Waals surface area contributed by atoms with Crippen LogP contribution >= 0.6 is 0 Å². The highest BCUT2D eigenvalue weighted by Gasteiger charge is 2.31. The Bertz CT molecular complexity index is 904. The molecule has 5 heteroatoms. The van der Waals surface area contributed by atoms with Crippen LogP contribution in [0.15, 0.2) is 60.7 Å². The van der Waals surface area contributed by atoms with Gasteiger partial charge in [0.15, 0.2) is 11.6 Å². The summed E-state index contributed by atoms with van der Waals surface area (Å²) in [5.41, 5.74) is 1.98. The first-order valence-corrected chi connectivity index (χ1v) is 9.84. The summed E-state index contributed by atoms with van der Waals surface area (Å²) in [5, 5.41) is 0. The summed E-state index contributed by atoms with van der Waals surface area (Å²) < 4.78 is 57.0. The van der Waals surface area contributed by atoms with Crippen molar-refractivity contribution in [2.45, 2.75) is 51.1 Å². The van der Waals surface area contributed by atoms with E-state index in [2.05, 4.69) is 11.7 Å². The Morgan fingerprint density at radius 1 is 1.07 bits per heavy atom. The first-order chi connectivity index (χ1) is 13.9. The lowest BCUT2D eigenvalue weighted by molar-refractivity contribution is -0.0522. The molecule has 0 N–H and O–H groups in total. The Morgan fingerprint density at radius 3 is 2.52 bits per heavy atom. The molecule has 0 spiro atoms. The van der Waals surface area contributed by atoms with Crippen LogP contribution in [0.3, 0.4) is 0 Å². The number of allylic oxidation sites excluding steroid dienone is 4. The third-order valence-corrected chi connectivity index (χ3v) is 5.38. The normalized spacial score (nSPS) is 18.8. The maximum absolute atomic E-state index is 14.4. The molecule has 0 radical (unpaired) electrons. The average molecular weight is 404 g/mol. The number of halogens is 4. The van der Waals surface area contributed by atoms with Crippen LogP contribution in [0.4, 0.5) is 17.6 Å². The number of alkyl halides is 2. The number of ether oxygens (including phenoxy) is 1. The average Bonchev–Trinajstić information content (AvgIpc) is 2.70. The van der Waals surface area contributed by atoms with E-state index in [4.69, 9.17) is 0 Å². The van der Waals surface area contributed by atoms with Gasteiger partial charge in [-0.15, -0.1) is 0 Å². The Labute approximate surface area is 168 Å². The van der Waals surface area contributed by atoms with Gasteiger partial charge in [0, 0.05) is 5.41 Å². The molecule has 0 bridgehead atoms. The lowest BCUT2D eigenvalue weighted by atomic mass is 9.70. The van der Waals surface area contributed by atoms with E-state index in [1.807, 2.05) is 24.3 Å². The fourth-order valence-electron chi connectivity index (χ4n) is 3.80. The maximum Gasteiger partial charge on any atom is 0.387 e. The molecule has 0 saturated carbocycles. The molecule has 0 fully saturated rings. The number of unbranched alkanes of at least 4 members (excludes halogenated alkanes) is 2. The van der Waals surface area contributed by atoms with E-state index in [-0.39, 0.29) is 5.82 Å². The van der Waals surface area contributed by atoms with Crippen molar-refractivity contribution in [2.75, 3.05) is 0 Å². The van der Waals surface area contributed by atoms with Crippen molar-refractivity contribution in [1.82, 2.24) is 0 Å². The van der Waals surface area contributed by atoms with Gasteiger partial charge >= 0.3 is 6.61 Å². The first-order valence-electron chi connectivity index (χ1n) is 9.84. The van der Waals surface area contributed by atoms with Gasteiger partial charge in [-0.1, -0.05) is 62.6 Å². The van der Waals surface area contributed by atoms with Gasteiger partial charge in [0.25, 0.3) is 0 Å². The zero-order chi connectivity index (χ0) is 20.9. The van der Waals surface area contributed by atoms with Crippen LogP contribution in [0.2, 0.25) is 0 Å². The molecule has 0 amide bonds.